The number of carbonyl (C=O) groups is 2. The molecule has 2 atom stereocenters. The second kappa shape index (κ2) is 7.37. The van der Waals surface area contributed by atoms with Crippen LogP contribution in [-0.2, 0) is 16.6 Å². The zero-order valence-electron chi connectivity index (χ0n) is 16.5. The summed E-state index contributed by atoms with van der Waals surface area (Å²) in [7, 11) is 0. The number of hydrogen-bond acceptors (Lipinski definition) is 4. The fraction of sp³-hybridized carbons (Fsp3) is 0.250. The summed E-state index contributed by atoms with van der Waals surface area (Å²) in [5, 5.41) is 3.05. The monoisotopic (exact) mass is 398 g/mol. The quantitative estimate of drug-likeness (QED) is 0.732. The molecule has 30 heavy (non-hydrogen) atoms. The molecular formula is C24H22N4O2. The average Bonchev–Trinajstić information content (AvgIpc) is 3.32. The molecule has 1 aromatic heterocycles. The number of nitrogens with one attached hydrogen (secondary N) is 1. The van der Waals surface area contributed by atoms with Gasteiger partial charge >= 0.3 is 0 Å². The predicted molar refractivity (Wildman–Crippen MR) is 113 cm³/mol. The maximum atomic E-state index is 13.3. The normalized spacial score (nSPS) is 22.2. The SMILES string of the molecule is O=C(c1cnccn1)N1CC[C@@]2(C(=O)Nc3ccccc32)[C@@H]1CCc1ccccc1. The minimum atomic E-state index is -0.733. The molecule has 6 heteroatoms. The second-order valence-electron chi connectivity index (χ2n) is 7.85. The molecule has 3 aromatic rings. The standard InChI is InChI=1S/C24H22N4O2/c29-22(20-16-25-13-14-26-20)28-15-12-24(18-8-4-5-9-19(18)27-23(24)30)21(28)11-10-17-6-2-1-3-7-17/h1-9,13-14,16,21H,10-12,15H2,(H,27,30)/t21-,24-/m0/s1. The Hall–Kier alpha value is -3.54. The number of rotatable bonds is 4. The molecule has 0 aliphatic carbocycles. The van der Waals surface area contributed by atoms with Crippen LogP contribution in [0.4, 0.5) is 5.69 Å². The van der Waals surface area contributed by atoms with E-state index in [2.05, 4.69) is 27.4 Å². The van der Waals surface area contributed by atoms with E-state index < -0.39 is 5.41 Å². The van der Waals surface area contributed by atoms with Gasteiger partial charge in [-0.15, -0.1) is 0 Å². The molecule has 2 aromatic carbocycles. The van der Waals surface area contributed by atoms with Crippen molar-refractivity contribution in [1.82, 2.24) is 14.9 Å². The first-order valence-corrected chi connectivity index (χ1v) is 10.2. The van der Waals surface area contributed by atoms with Crippen LogP contribution in [0.1, 0.15) is 34.5 Å². The van der Waals surface area contributed by atoms with Crippen molar-refractivity contribution in [3.63, 3.8) is 0 Å². The lowest BCUT2D eigenvalue weighted by Crippen LogP contribution is -2.49. The number of nitrogens with zero attached hydrogens (tertiary/aromatic N) is 3. The van der Waals surface area contributed by atoms with Gasteiger partial charge in [-0.25, -0.2) is 4.98 Å². The number of likely N-dealkylation sites (tertiary alicyclic amines) is 1. The molecule has 1 saturated heterocycles. The molecule has 1 fully saturated rings. The first kappa shape index (κ1) is 18.5. The van der Waals surface area contributed by atoms with Gasteiger partial charge in [0.05, 0.1) is 17.7 Å². The van der Waals surface area contributed by atoms with Gasteiger partial charge in [-0.1, -0.05) is 48.5 Å². The van der Waals surface area contributed by atoms with Gasteiger partial charge < -0.3 is 10.2 Å². The van der Waals surface area contributed by atoms with Crippen molar-refractivity contribution in [2.75, 3.05) is 11.9 Å². The van der Waals surface area contributed by atoms with E-state index in [0.717, 1.165) is 17.7 Å². The molecule has 1 N–H and O–H groups in total. The zero-order valence-corrected chi connectivity index (χ0v) is 16.5. The van der Waals surface area contributed by atoms with Gasteiger partial charge in [0.2, 0.25) is 5.91 Å². The van der Waals surface area contributed by atoms with Gasteiger partial charge in [0.25, 0.3) is 5.91 Å². The maximum Gasteiger partial charge on any atom is 0.274 e. The van der Waals surface area contributed by atoms with Gasteiger partial charge in [0.1, 0.15) is 5.69 Å². The Morgan fingerprint density at radius 2 is 1.90 bits per heavy atom. The van der Waals surface area contributed by atoms with E-state index in [1.54, 1.807) is 6.20 Å². The van der Waals surface area contributed by atoms with E-state index in [1.807, 2.05) is 47.4 Å². The van der Waals surface area contributed by atoms with E-state index in [1.165, 1.54) is 18.0 Å². The molecule has 5 rings (SSSR count). The molecule has 2 aliphatic heterocycles. The second-order valence-corrected chi connectivity index (χ2v) is 7.85. The van der Waals surface area contributed by atoms with Gasteiger partial charge in [-0.3, -0.25) is 14.6 Å². The van der Waals surface area contributed by atoms with Crippen molar-refractivity contribution in [2.24, 2.45) is 0 Å². The highest BCUT2D eigenvalue weighted by atomic mass is 16.2. The summed E-state index contributed by atoms with van der Waals surface area (Å²) < 4.78 is 0. The first-order chi connectivity index (χ1) is 14.7. The van der Waals surface area contributed by atoms with E-state index in [0.29, 0.717) is 25.1 Å². The van der Waals surface area contributed by atoms with Crippen molar-refractivity contribution in [2.45, 2.75) is 30.7 Å². The topological polar surface area (TPSA) is 75.2 Å². The van der Waals surface area contributed by atoms with Crippen LogP contribution in [0.25, 0.3) is 0 Å². The number of hydrogen-bond donors (Lipinski definition) is 1. The first-order valence-electron chi connectivity index (χ1n) is 10.2. The Morgan fingerprint density at radius 1 is 1.10 bits per heavy atom. The Labute approximate surface area is 175 Å². The molecule has 6 nitrogen and oxygen atoms in total. The molecular weight excluding hydrogens is 376 g/mol. The number of para-hydroxylation sites is 1. The van der Waals surface area contributed by atoms with E-state index in [4.69, 9.17) is 0 Å². The summed E-state index contributed by atoms with van der Waals surface area (Å²) in [6.07, 6.45) is 6.64. The van der Waals surface area contributed by atoms with Crippen LogP contribution >= 0.6 is 0 Å². The summed E-state index contributed by atoms with van der Waals surface area (Å²) >= 11 is 0. The molecule has 0 saturated carbocycles. The lowest BCUT2D eigenvalue weighted by molar-refractivity contribution is -0.121. The van der Waals surface area contributed by atoms with Crippen LogP contribution in [0.2, 0.25) is 0 Å². The Morgan fingerprint density at radius 3 is 2.70 bits per heavy atom. The van der Waals surface area contributed by atoms with E-state index >= 15 is 0 Å². The third-order valence-electron chi connectivity index (χ3n) is 6.35. The minimum absolute atomic E-state index is 0.0174. The molecule has 0 unspecified atom stereocenters. The van der Waals surface area contributed by atoms with E-state index in [-0.39, 0.29) is 17.9 Å². The predicted octanol–water partition coefficient (Wildman–Crippen LogP) is 3.21. The maximum absolute atomic E-state index is 13.3. The third kappa shape index (κ3) is 2.87. The molecule has 2 aliphatic rings. The summed E-state index contributed by atoms with van der Waals surface area (Å²) in [6.45, 7) is 0.511. The molecule has 150 valence electrons. The molecule has 0 radical (unpaired) electrons. The van der Waals surface area contributed by atoms with Crippen LogP contribution < -0.4 is 5.32 Å². The zero-order chi connectivity index (χ0) is 20.6. The summed E-state index contributed by atoms with van der Waals surface area (Å²) in [5.41, 5.74) is 2.61. The molecule has 0 bridgehead atoms. The highest BCUT2D eigenvalue weighted by Gasteiger charge is 2.58. The number of aryl methyl sites for hydroxylation is 1. The van der Waals surface area contributed by atoms with Crippen LogP contribution in [0.15, 0.2) is 73.2 Å². The Kier molecular flexibility index (Phi) is 4.54. The number of benzene rings is 2. The van der Waals surface area contributed by atoms with Gasteiger partial charge in [0.15, 0.2) is 0 Å². The Bertz CT molecular complexity index is 1090. The fourth-order valence-corrected chi connectivity index (χ4v) is 4.95. The highest BCUT2D eigenvalue weighted by Crippen LogP contribution is 2.49. The number of carbonyl (C=O) groups excluding carboxylic acids is 2. The summed E-state index contributed by atoms with van der Waals surface area (Å²) in [6, 6.07) is 17.8. The lowest BCUT2D eigenvalue weighted by atomic mass is 9.73. The van der Waals surface area contributed by atoms with E-state index in [9.17, 15) is 9.59 Å². The van der Waals surface area contributed by atoms with Crippen molar-refractivity contribution in [1.29, 1.82) is 0 Å². The van der Waals surface area contributed by atoms with Crippen LogP contribution in [0, 0.1) is 0 Å². The number of anilines is 1. The van der Waals surface area contributed by atoms with Crippen molar-refractivity contribution < 1.29 is 9.59 Å². The van der Waals surface area contributed by atoms with Crippen molar-refractivity contribution in [3.8, 4) is 0 Å². The number of fused-ring (bicyclic) bond motifs is 2. The molecule has 2 amide bonds. The summed E-state index contributed by atoms with van der Waals surface area (Å²) in [4.78, 5) is 36.7. The number of aromatic nitrogens is 2. The number of amides is 2. The van der Waals surface area contributed by atoms with Gasteiger partial charge in [-0.05, 0) is 36.5 Å². The summed E-state index contributed by atoms with van der Waals surface area (Å²) in [5.74, 6) is -0.188. The van der Waals surface area contributed by atoms with Crippen LogP contribution in [-0.4, -0.2) is 39.3 Å². The largest absolute Gasteiger partial charge is 0.333 e. The van der Waals surface area contributed by atoms with Crippen LogP contribution in [0.5, 0.6) is 0 Å². The van der Waals surface area contributed by atoms with Gasteiger partial charge in [0, 0.05) is 24.6 Å². The Balaban J connectivity index is 1.54. The minimum Gasteiger partial charge on any atom is -0.333 e. The third-order valence-corrected chi connectivity index (χ3v) is 6.35. The highest BCUT2D eigenvalue weighted by molar-refractivity contribution is 6.08. The van der Waals surface area contributed by atoms with Crippen molar-refractivity contribution >= 4 is 17.5 Å². The van der Waals surface area contributed by atoms with Gasteiger partial charge in [-0.2, -0.15) is 0 Å². The molecule has 1 spiro atoms. The average molecular weight is 398 g/mol. The van der Waals surface area contributed by atoms with Crippen molar-refractivity contribution in [3.05, 3.63) is 90.0 Å². The smallest absolute Gasteiger partial charge is 0.274 e. The lowest BCUT2D eigenvalue weighted by Gasteiger charge is -2.34. The van der Waals surface area contributed by atoms with Crippen LogP contribution in [0.3, 0.4) is 0 Å². The fourth-order valence-electron chi connectivity index (χ4n) is 4.95. The molecule has 3 heterocycles.